The van der Waals surface area contributed by atoms with E-state index in [1.54, 1.807) is 0 Å². The van der Waals surface area contributed by atoms with Gasteiger partial charge in [-0.05, 0) is 12.3 Å². The zero-order valence-electron chi connectivity index (χ0n) is 7.66. The maximum Gasteiger partial charge on any atom is 0.0707 e. The van der Waals surface area contributed by atoms with E-state index in [0.717, 1.165) is 32.5 Å². The molecule has 0 aromatic carbocycles. The predicted octanol–water partition coefficient (Wildman–Crippen LogP) is 0.712. The Labute approximate surface area is 74.6 Å². The molecule has 1 rings (SSSR count). The van der Waals surface area contributed by atoms with Crippen molar-refractivity contribution in [3.05, 3.63) is 0 Å². The first-order valence-corrected chi connectivity index (χ1v) is 4.61. The van der Waals surface area contributed by atoms with Gasteiger partial charge in [0.05, 0.1) is 6.10 Å². The molecule has 0 spiro atoms. The van der Waals surface area contributed by atoms with E-state index in [1.165, 1.54) is 0 Å². The predicted molar refractivity (Wildman–Crippen MR) is 49.7 cm³/mol. The van der Waals surface area contributed by atoms with Crippen molar-refractivity contribution in [2.45, 2.75) is 25.9 Å². The Morgan fingerprint density at radius 2 is 2.33 bits per heavy atom. The summed E-state index contributed by atoms with van der Waals surface area (Å²) in [7, 11) is 0. The monoisotopic (exact) mass is 167 g/mol. The van der Waals surface area contributed by atoms with Gasteiger partial charge in [0.1, 0.15) is 0 Å². The minimum Gasteiger partial charge on any atom is -0.391 e. The van der Waals surface area contributed by atoms with Gasteiger partial charge in [-0.15, -0.1) is 12.3 Å². The van der Waals surface area contributed by atoms with Crippen LogP contribution in [0, 0.1) is 18.3 Å². The molecule has 0 amide bonds. The van der Waals surface area contributed by atoms with Gasteiger partial charge in [-0.25, -0.2) is 0 Å². The zero-order chi connectivity index (χ0) is 8.97. The molecular formula is C10H17NO. The number of rotatable bonds is 3. The minimum absolute atomic E-state index is 0.132. The molecule has 2 unspecified atom stereocenters. The first-order chi connectivity index (χ1) is 5.77. The Kier molecular flexibility index (Phi) is 3.58. The largest absolute Gasteiger partial charge is 0.391 e. The Morgan fingerprint density at radius 3 is 2.83 bits per heavy atom. The van der Waals surface area contributed by atoms with Crippen LogP contribution >= 0.6 is 0 Å². The fourth-order valence-electron chi connectivity index (χ4n) is 1.75. The van der Waals surface area contributed by atoms with Crippen LogP contribution < -0.4 is 0 Å². The van der Waals surface area contributed by atoms with Gasteiger partial charge in [0, 0.05) is 26.1 Å². The van der Waals surface area contributed by atoms with Crippen LogP contribution in [0.4, 0.5) is 0 Å². The Hall–Kier alpha value is -0.520. The topological polar surface area (TPSA) is 23.5 Å². The second-order valence-electron chi connectivity index (χ2n) is 3.45. The summed E-state index contributed by atoms with van der Waals surface area (Å²) in [6, 6.07) is 0. The summed E-state index contributed by atoms with van der Waals surface area (Å²) >= 11 is 0. The fourth-order valence-corrected chi connectivity index (χ4v) is 1.75. The molecule has 2 heteroatoms. The molecule has 0 radical (unpaired) electrons. The lowest BCUT2D eigenvalue weighted by molar-refractivity contribution is 0.140. The standard InChI is InChI=1S/C10H17NO/c1-3-5-6-11-7-9(4-2)10(12)8-11/h1,9-10,12H,4-8H2,2H3. The molecule has 68 valence electrons. The van der Waals surface area contributed by atoms with Crippen LogP contribution in [-0.2, 0) is 0 Å². The smallest absolute Gasteiger partial charge is 0.0707 e. The highest BCUT2D eigenvalue weighted by Crippen LogP contribution is 2.19. The lowest BCUT2D eigenvalue weighted by atomic mass is 10.0. The minimum atomic E-state index is -0.132. The van der Waals surface area contributed by atoms with Gasteiger partial charge in [-0.3, -0.25) is 4.90 Å². The second kappa shape index (κ2) is 4.49. The molecule has 1 aliphatic heterocycles. The third-order valence-electron chi connectivity index (χ3n) is 2.58. The van der Waals surface area contributed by atoms with Gasteiger partial charge >= 0.3 is 0 Å². The van der Waals surface area contributed by atoms with E-state index in [-0.39, 0.29) is 6.10 Å². The molecule has 0 bridgehead atoms. The quantitative estimate of drug-likeness (QED) is 0.626. The van der Waals surface area contributed by atoms with E-state index in [1.807, 2.05) is 0 Å². The lowest BCUT2D eigenvalue weighted by Gasteiger charge is -2.12. The van der Waals surface area contributed by atoms with Gasteiger partial charge in [-0.2, -0.15) is 0 Å². The normalized spacial score (nSPS) is 30.4. The van der Waals surface area contributed by atoms with Crippen molar-refractivity contribution in [2.24, 2.45) is 5.92 Å². The van der Waals surface area contributed by atoms with Gasteiger partial charge in [0.25, 0.3) is 0 Å². The highest BCUT2D eigenvalue weighted by atomic mass is 16.3. The maximum atomic E-state index is 9.57. The van der Waals surface area contributed by atoms with Crippen molar-refractivity contribution < 1.29 is 5.11 Å². The number of terminal acetylenes is 1. The van der Waals surface area contributed by atoms with Gasteiger partial charge in [0.2, 0.25) is 0 Å². The average Bonchev–Trinajstić information content (AvgIpc) is 2.43. The number of hydrogen-bond donors (Lipinski definition) is 1. The third-order valence-corrected chi connectivity index (χ3v) is 2.58. The molecule has 1 heterocycles. The van der Waals surface area contributed by atoms with E-state index in [9.17, 15) is 5.11 Å². The molecule has 2 atom stereocenters. The van der Waals surface area contributed by atoms with Crippen molar-refractivity contribution in [2.75, 3.05) is 19.6 Å². The lowest BCUT2D eigenvalue weighted by Crippen LogP contribution is -2.22. The van der Waals surface area contributed by atoms with Crippen LogP contribution in [0.3, 0.4) is 0 Å². The van der Waals surface area contributed by atoms with Crippen molar-refractivity contribution in [1.82, 2.24) is 4.90 Å². The van der Waals surface area contributed by atoms with Crippen molar-refractivity contribution in [3.63, 3.8) is 0 Å². The molecule has 0 aromatic rings. The molecule has 2 nitrogen and oxygen atoms in total. The zero-order valence-corrected chi connectivity index (χ0v) is 7.66. The van der Waals surface area contributed by atoms with E-state index in [2.05, 4.69) is 17.7 Å². The fraction of sp³-hybridized carbons (Fsp3) is 0.800. The highest BCUT2D eigenvalue weighted by molar-refractivity contribution is 4.88. The van der Waals surface area contributed by atoms with Crippen LogP contribution in [0.25, 0.3) is 0 Å². The van der Waals surface area contributed by atoms with E-state index < -0.39 is 0 Å². The van der Waals surface area contributed by atoms with Crippen LogP contribution in [0.1, 0.15) is 19.8 Å². The van der Waals surface area contributed by atoms with Crippen LogP contribution in [0.5, 0.6) is 0 Å². The van der Waals surface area contributed by atoms with Crippen LogP contribution in [-0.4, -0.2) is 35.7 Å². The number of likely N-dealkylation sites (tertiary alicyclic amines) is 1. The molecule has 0 saturated carbocycles. The molecule has 1 fully saturated rings. The molecule has 1 N–H and O–H groups in total. The van der Waals surface area contributed by atoms with Gasteiger partial charge in [-0.1, -0.05) is 6.92 Å². The second-order valence-corrected chi connectivity index (χ2v) is 3.45. The van der Waals surface area contributed by atoms with Gasteiger partial charge in [0.15, 0.2) is 0 Å². The molecule has 0 aromatic heterocycles. The van der Waals surface area contributed by atoms with E-state index >= 15 is 0 Å². The Bertz CT molecular complexity index is 173. The molecule has 0 aliphatic carbocycles. The Morgan fingerprint density at radius 1 is 1.58 bits per heavy atom. The first kappa shape index (κ1) is 9.57. The SMILES string of the molecule is C#CCCN1CC(O)C(CC)C1. The van der Waals surface area contributed by atoms with Crippen molar-refractivity contribution in [1.29, 1.82) is 0 Å². The Balaban J connectivity index is 2.29. The van der Waals surface area contributed by atoms with Crippen LogP contribution in [0.2, 0.25) is 0 Å². The summed E-state index contributed by atoms with van der Waals surface area (Å²) in [5, 5.41) is 9.57. The summed E-state index contributed by atoms with van der Waals surface area (Å²) in [6.45, 7) is 4.88. The highest BCUT2D eigenvalue weighted by Gasteiger charge is 2.28. The van der Waals surface area contributed by atoms with E-state index in [4.69, 9.17) is 6.42 Å². The molecular weight excluding hydrogens is 150 g/mol. The van der Waals surface area contributed by atoms with Gasteiger partial charge < -0.3 is 5.11 Å². The number of nitrogens with zero attached hydrogens (tertiary/aromatic N) is 1. The molecule has 12 heavy (non-hydrogen) atoms. The molecule has 1 saturated heterocycles. The maximum absolute atomic E-state index is 9.57. The van der Waals surface area contributed by atoms with Crippen LogP contribution in [0.15, 0.2) is 0 Å². The van der Waals surface area contributed by atoms with Crippen molar-refractivity contribution >= 4 is 0 Å². The molecule has 1 aliphatic rings. The summed E-state index contributed by atoms with van der Waals surface area (Å²) < 4.78 is 0. The first-order valence-electron chi connectivity index (χ1n) is 4.61. The number of aliphatic hydroxyl groups is 1. The third kappa shape index (κ3) is 2.23. The summed E-state index contributed by atoms with van der Waals surface area (Å²) in [5.74, 6) is 3.08. The summed E-state index contributed by atoms with van der Waals surface area (Å²) in [4.78, 5) is 2.25. The van der Waals surface area contributed by atoms with Crippen molar-refractivity contribution in [3.8, 4) is 12.3 Å². The van der Waals surface area contributed by atoms with E-state index in [0.29, 0.717) is 5.92 Å². The summed E-state index contributed by atoms with van der Waals surface area (Å²) in [6.07, 6.45) is 6.90. The average molecular weight is 167 g/mol. The summed E-state index contributed by atoms with van der Waals surface area (Å²) in [5.41, 5.74) is 0. The number of β-amino-alcohol motifs (C(OH)–C–C–N with tert-alkyl or cyclic N) is 1. The number of hydrogen-bond acceptors (Lipinski definition) is 2. The number of aliphatic hydroxyl groups excluding tert-OH is 1.